The second-order valence-electron chi connectivity index (χ2n) is 3.85. The summed E-state index contributed by atoms with van der Waals surface area (Å²) >= 11 is 5.03. The quantitative estimate of drug-likeness (QED) is 0.865. The maximum Gasteiger partial charge on any atom is 0.104 e. The molecule has 0 spiro atoms. The van der Waals surface area contributed by atoms with Crippen molar-refractivity contribution in [1.82, 2.24) is 0 Å². The van der Waals surface area contributed by atoms with Gasteiger partial charge in [0.05, 0.1) is 18.1 Å². The monoisotopic (exact) mass is 336 g/mol. The first-order chi connectivity index (χ1) is 9.28. The molecule has 2 rings (SSSR count). The molecule has 1 aromatic carbocycles. The van der Waals surface area contributed by atoms with Gasteiger partial charge in [-0.3, -0.25) is 0 Å². The maximum atomic E-state index is 8.63. The van der Waals surface area contributed by atoms with Crippen LogP contribution in [-0.4, -0.2) is 11.7 Å². The molecule has 0 atom stereocenters. The molecule has 4 heteroatoms. The number of rotatable bonds is 4. The summed E-state index contributed by atoms with van der Waals surface area (Å²) in [5.74, 6) is 5.52. The van der Waals surface area contributed by atoms with Crippen molar-refractivity contribution < 1.29 is 9.84 Å². The highest BCUT2D eigenvalue weighted by Gasteiger charge is 1.99. The molecule has 0 radical (unpaired) electrons. The van der Waals surface area contributed by atoms with Crippen molar-refractivity contribution in [2.45, 2.75) is 13.2 Å². The standard InChI is InChI=1S/C15H13BrO2S/c16-13-4-1-3-12(9-13)10-18-11-15-7-6-14(19-15)5-2-8-17/h1,3-4,6-7,9,17H,8,10-11H2. The molecule has 2 aromatic rings. The van der Waals surface area contributed by atoms with E-state index in [2.05, 4.69) is 27.8 Å². The molecule has 0 fully saturated rings. The van der Waals surface area contributed by atoms with Crippen molar-refractivity contribution in [3.63, 3.8) is 0 Å². The van der Waals surface area contributed by atoms with E-state index in [9.17, 15) is 0 Å². The van der Waals surface area contributed by atoms with Gasteiger partial charge in [-0.2, -0.15) is 0 Å². The maximum absolute atomic E-state index is 8.63. The summed E-state index contributed by atoms with van der Waals surface area (Å²) in [7, 11) is 0. The van der Waals surface area contributed by atoms with Crippen LogP contribution in [0, 0.1) is 11.8 Å². The fraction of sp³-hybridized carbons (Fsp3) is 0.200. The van der Waals surface area contributed by atoms with Gasteiger partial charge in [-0.05, 0) is 29.8 Å². The molecule has 0 aliphatic carbocycles. The Hall–Kier alpha value is -1.12. The van der Waals surface area contributed by atoms with Crippen molar-refractivity contribution in [3.8, 4) is 11.8 Å². The zero-order valence-corrected chi connectivity index (χ0v) is 12.6. The van der Waals surface area contributed by atoms with Crippen LogP contribution in [0.1, 0.15) is 15.3 Å². The van der Waals surface area contributed by atoms with Gasteiger partial charge in [0.2, 0.25) is 0 Å². The molecule has 1 heterocycles. The number of aliphatic hydroxyl groups excluding tert-OH is 1. The SMILES string of the molecule is OCC#Cc1ccc(COCc2cccc(Br)c2)s1. The first-order valence-electron chi connectivity index (χ1n) is 5.78. The Morgan fingerprint density at radius 3 is 2.89 bits per heavy atom. The molecule has 98 valence electrons. The minimum atomic E-state index is -0.105. The van der Waals surface area contributed by atoms with Crippen LogP contribution < -0.4 is 0 Å². The molecule has 0 bridgehead atoms. The first kappa shape index (κ1) is 14.3. The Labute approximate surface area is 125 Å². The minimum Gasteiger partial charge on any atom is -0.384 e. The van der Waals surface area contributed by atoms with Crippen LogP contribution in [0.15, 0.2) is 40.9 Å². The summed E-state index contributed by atoms with van der Waals surface area (Å²) in [6.45, 7) is 1.07. The van der Waals surface area contributed by atoms with E-state index in [1.807, 2.05) is 36.4 Å². The highest BCUT2D eigenvalue weighted by molar-refractivity contribution is 9.10. The van der Waals surface area contributed by atoms with Gasteiger partial charge in [-0.25, -0.2) is 0 Å². The lowest BCUT2D eigenvalue weighted by Crippen LogP contribution is -1.92. The summed E-state index contributed by atoms with van der Waals surface area (Å²) in [5.41, 5.74) is 1.14. The molecule has 0 saturated heterocycles. The molecule has 0 aliphatic heterocycles. The largest absolute Gasteiger partial charge is 0.384 e. The zero-order valence-electron chi connectivity index (χ0n) is 10.2. The average Bonchev–Trinajstić information content (AvgIpc) is 2.84. The van der Waals surface area contributed by atoms with Crippen LogP contribution in [0.4, 0.5) is 0 Å². The second kappa shape index (κ2) is 7.46. The van der Waals surface area contributed by atoms with E-state index in [0.29, 0.717) is 13.2 Å². The summed E-state index contributed by atoms with van der Waals surface area (Å²) in [6, 6.07) is 12.0. The van der Waals surface area contributed by atoms with Crippen LogP contribution in [0.5, 0.6) is 0 Å². The molecule has 19 heavy (non-hydrogen) atoms. The third-order valence-corrected chi connectivity index (χ3v) is 3.82. The third-order valence-electron chi connectivity index (χ3n) is 2.35. The van der Waals surface area contributed by atoms with Gasteiger partial charge in [0, 0.05) is 9.35 Å². The fourth-order valence-electron chi connectivity index (χ4n) is 1.55. The normalized spacial score (nSPS) is 10.0. The molecule has 2 nitrogen and oxygen atoms in total. The topological polar surface area (TPSA) is 29.5 Å². The Kier molecular flexibility index (Phi) is 5.62. The zero-order chi connectivity index (χ0) is 13.5. The van der Waals surface area contributed by atoms with Crippen LogP contribution in [0.3, 0.4) is 0 Å². The van der Waals surface area contributed by atoms with E-state index in [1.54, 1.807) is 11.3 Å². The third kappa shape index (κ3) is 4.81. The molecule has 0 unspecified atom stereocenters. The highest BCUT2D eigenvalue weighted by Crippen LogP contribution is 2.18. The second-order valence-corrected chi connectivity index (χ2v) is 5.93. The van der Waals surface area contributed by atoms with Crippen molar-refractivity contribution in [1.29, 1.82) is 0 Å². The van der Waals surface area contributed by atoms with Crippen molar-refractivity contribution >= 4 is 27.3 Å². The number of ether oxygens (including phenoxy) is 1. The molecule has 1 aromatic heterocycles. The summed E-state index contributed by atoms with van der Waals surface area (Å²) < 4.78 is 6.73. The number of thiophene rings is 1. The smallest absolute Gasteiger partial charge is 0.104 e. The van der Waals surface area contributed by atoms with E-state index in [0.717, 1.165) is 19.8 Å². The summed E-state index contributed by atoms with van der Waals surface area (Å²) in [6.07, 6.45) is 0. The van der Waals surface area contributed by atoms with E-state index in [4.69, 9.17) is 9.84 Å². The van der Waals surface area contributed by atoms with Crippen molar-refractivity contribution in [3.05, 3.63) is 56.2 Å². The van der Waals surface area contributed by atoms with Crippen LogP contribution >= 0.6 is 27.3 Å². The van der Waals surface area contributed by atoms with Crippen LogP contribution in [0.25, 0.3) is 0 Å². The van der Waals surface area contributed by atoms with E-state index >= 15 is 0 Å². The van der Waals surface area contributed by atoms with Gasteiger partial charge < -0.3 is 9.84 Å². The average molecular weight is 337 g/mol. The molecule has 0 aliphatic rings. The highest BCUT2D eigenvalue weighted by atomic mass is 79.9. The fourth-order valence-corrected chi connectivity index (χ4v) is 2.81. The van der Waals surface area contributed by atoms with E-state index in [1.165, 1.54) is 0 Å². The van der Waals surface area contributed by atoms with Crippen LogP contribution in [0.2, 0.25) is 0 Å². The molecule has 1 N–H and O–H groups in total. The van der Waals surface area contributed by atoms with Gasteiger partial charge in [0.1, 0.15) is 6.61 Å². The van der Waals surface area contributed by atoms with E-state index in [-0.39, 0.29) is 6.61 Å². The molecular formula is C15H13BrO2S. The minimum absolute atomic E-state index is 0.105. The molecular weight excluding hydrogens is 324 g/mol. The van der Waals surface area contributed by atoms with Crippen LogP contribution in [-0.2, 0) is 18.0 Å². The Morgan fingerprint density at radius 2 is 2.11 bits per heavy atom. The van der Waals surface area contributed by atoms with Gasteiger partial charge in [0.25, 0.3) is 0 Å². The number of aliphatic hydroxyl groups is 1. The lowest BCUT2D eigenvalue weighted by molar-refractivity contribution is 0.109. The lowest BCUT2D eigenvalue weighted by atomic mass is 10.2. The summed E-state index contributed by atoms with van der Waals surface area (Å²) in [4.78, 5) is 2.09. The van der Waals surface area contributed by atoms with E-state index < -0.39 is 0 Å². The Balaban J connectivity index is 1.84. The summed E-state index contributed by atoms with van der Waals surface area (Å²) in [5, 5.41) is 8.63. The van der Waals surface area contributed by atoms with Gasteiger partial charge in [-0.1, -0.05) is 39.9 Å². The molecule has 0 saturated carbocycles. The number of halogens is 1. The predicted molar refractivity (Wildman–Crippen MR) is 80.9 cm³/mol. The lowest BCUT2D eigenvalue weighted by Gasteiger charge is -2.03. The molecule has 0 amide bonds. The van der Waals surface area contributed by atoms with Crippen molar-refractivity contribution in [2.75, 3.05) is 6.61 Å². The predicted octanol–water partition coefficient (Wildman–Crippen LogP) is 3.57. The number of hydrogen-bond acceptors (Lipinski definition) is 3. The number of benzene rings is 1. The van der Waals surface area contributed by atoms with Gasteiger partial charge in [-0.15, -0.1) is 11.3 Å². The first-order valence-corrected chi connectivity index (χ1v) is 7.39. The Morgan fingerprint density at radius 1 is 1.21 bits per heavy atom. The van der Waals surface area contributed by atoms with Gasteiger partial charge >= 0.3 is 0 Å². The Bertz CT molecular complexity index is 595. The van der Waals surface area contributed by atoms with Crippen molar-refractivity contribution in [2.24, 2.45) is 0 Å². The number of hydrogen-bond donors (Lipinski definition) is 1. The van der Waals surface area contributed by atoms with Gasteiger partial charge in [0.15, 0.2) is 0 Å².